The second-order valence-electron chi connectivity index (χ2n) is 3.74. The SMILES string of the molecule is O=C(O)c1ccc(C(=O)ONc2ccccc2)cc1. The molecular formula is C14H11NO4. The quantitative estimate of drug-likeness (QED) is 0.823. The van der Waals surface area contributed by atoms with Crippen LogP contribution in [0.3, 0.4) is 0 Å². The van der Waals surface area contributed by atoms with Crippen LogP contribution in [-0.4, -0.2) is 17.0 Å². The summed E-state index contributed by atoms with van der Waals surface area (Å²) in [7, 11) is 0. The van der Waals surface area contributed by atoms with Gasteiger partial charge in [-0.2, -0.15) is 0 Å². The molecule has 2 rings (SSSR count). The lowest BCUT2D eigenvalue weighted by Gasteiger charge is -2.06. The van der Waals surface area contributed by atoms with Crippen molar-refractivity contribution < 1.29 is 19.5 Å². The van der Waals surface area contributed by atoms with E-state index in [1.807, 2.05) is 6.07 Å². The van der Waals surface area contributed by atoms with Crippen molar-refractivity contribution in [2.75, 3.05) is 5.48 Å². The molecule has 0 aliphatic rings. The number of hydrogen-bond acceptors (Lipinski definition) is 4. The number of aromatic carboxylic acids is 1. The highest BCUT2D eigenvalue weighted by molar-refractivity contribution is 5.92. The molecule has 0 aliphatic carbocycles. The molecule has 0 saturated heterocycles. The average Bonchev–Trinajstić information content (AvgIpc) is 2.46. The molecule has 2 aromatic carbocycles. The number of carbonyl (C=O) groups excluding carboxylic acids is 1. The van der Waals surface area contributed by atoms with Gasteiger partial charge in [-0.05, 0) is 36.4 Å². The number of carbonyl (C=O) groups is 2. The number of carboxylic acids is 1. The molecule has 0 aromatic heterocycles. The number of benzene rings is 2. The highest BCUT2D eigenvalue weighted by Gasteiger charge is 2.09. The Morgan fingerprint density at radius 3 is 2.05 bits per heavy atom. The largest absolute Gasteiger partial charge is 0.478 e. The monoisotopic (exact) mass is 257 g/mol. The van der Waals surface area contributed by atoms with Gasteiger partial charge in [-0.3, -0.25) is 0 Å². The molecule has 0 atom stereocenters. The van der Waals surface area contributed by atoms with Gasteiger partial charge in [-0.1, -0.05) is 18.2 Å². The zero-order valence-corrected chi connectivity index (χ0v) is 9.87. The summed E-state index contributed by atoms with van der Waals surface area (Å²) in [4.78, 5) is 27.2. The van der Waals surface area contributed by atoms with Crippen LogP contribution in [0.15, 0.2) is 54.6 Å². The third kappa shape index (κ3) is 3.32. The Morgan fingerprint density at radius 1 is 0.895 bits per heavy atom. The molecule has 0 amide bonds. The smallest absolute Gasteiger partial charge is 0.362 e. The normalized spacial score (nSPS) is 9.68. The third-order valence-electron chi connectivity index (χ3n) is 2.40. The van der Waals surface area contributed by atoms with Crippen molar-refractivity contribution in [2.24, 2.45) is 0 Å². The second kappa shape index (κ2) is 5.68. The van der Waals surface area contributed by atoms with Gasteiger partial charge in [0.25, 0.3) is 0 Å². The maximum atomic E-state index is 11.7. The van der Waals surface area contributed by atoms with Crippen LogP contribution in [0.1, 0.15) is 20.7 Å². The lowest BCUT2D eigenvalue weighted by Crippen LogP contribution is -2.11. The molecule has 5 nitrogen and oxygen atoms in total. The summed E-state index contributed by atoms with van der Waals surface area (Å²) in [5, 5.41) is 8.74. The van der Waals surface area contributed by atoms with E-state index < -0.39 is 11.9 Å². The average molecular weight is 257 g/mol. The van der Waals surface area contributed by atoms with E-state index in [-0.39, 0.29) is 11.1 Å². The second-order valence-corrected chi connectivity index (χ2v) is 3.74. The van der Waals surface area contributed by atoms with Gasteiger partial charge in [0.05, 0.1) is 16.8 Å². The van der Waals surface area contributed by atoms with E-state index in [1.54, 1.807) is 24.3 Å². The van der Waals surface area contributed by atoms with Gasteiger partial charge in [0.1, 0.15) is 0 Å². The molecular weight excluding hydrogens is 246 g/mol. The Hall–Kier alpha value is -2.82. The first kappa shape index (κ1) is 12.6. The Balaban J connectivity index is 1.98. The van der Waals surface area contributed by atoms with E-state index in [9.17, 15) is 9.59 Å². The molecule has 0 aliphatic heterocycles. The van der Waals surface area contributed by atoms with Crippen molar-refractivity contribution >= 4 is 17.6 Å². The number of anilines is 1. The topological polar surface area (TPSA) is 75.6 Å². The summed E-state index contributed by atoms with van der Waals surface area (Å²) in [5.41, 5.74) is 3.56. The van der Waals surface area contributed by atoms with Crippen LogP contribution >= 0.6 is 0 Å². The Bertz CT molecular complexity index is 578. The molecule has 2 N–H and O–H groups in total. The molecule has 5 heteroatoms. The number of hydrogen-bond donors (Lipinski definition) is 2. The molecule has 0 radical (unpaired) electrons. The van der Waals surface area contributed by atoms with E-state index in [4.69, 9.17) is 9.94 Å². The van der Waals surface area contributed by atoms with Gasteiger partial charge >= 0.3 is 11.9 Å². The Kier molecular flexibility index (Phi) is 3.78. The lowest BCUT2D eigenvalue weighted by atomic mass is 10.1. The minimum Gasteiger partial charge on any atom is -0.478 e. The molecule has 0 unspecified atom stereocenters. The molecule has 0 fully saturated rings. The predicted octanol–water partition coefficient (Wildman–Crippen LogP) is 2.57. The predicted molar refractivity (Wildman–Crippen MR) is 68.9 cm³/mol. The summed E-state index contributed by atoms with van der Waals surface area (Å²) in [6, 6.07) is 14.5. The first-order valence-corrected chi connectivity index (χ1v) is 5.52. The van der Waals surface area contributed by atoms with Crippen molar-refractivity contribution in [3.05, 3.63) is 65.7 Å². The molecule has 96 valence electrons. The maximum Gasteiger partial charge on any atom is 0.362 e. The first-order chi connectivity index (χ1) is 9.16. The van der Waals surface area contributed by atoms with E-state index in [0.29, 0.717) is 5.69 Å². The summed E-state index contributed by atoms with van der Waals surface area (Å²) < 4.78 is 0. The van der Waals surface area contributed by atoms with Crippen LogP contribution in [-0.2, 0) is 4.84 Å². The van der Waals surface area contributed by atoms with Crippen molar-refractivity contribution in [2.45, 2.75) is 0 Å². The highest BCUT2D eigenvalue weighted by Crippen LogP contribution is 2.09. The van der Waals surface area contributed by atoms with Crippen molar-refractivity contribution in [1.29, 1.82) is 0 Å². The zero-order valence-electron chi connectivity index (χ0n) is 9.87. The number of para-hydroxylation sites is 1. The summed E-state index contributed by atoms with van der Waals surface area (Å²) in [5.74, 6) is -1.62. The zero-order chi connectivity index (χ0) is 13.7. The van der Waals surface area contributed by atoms with Crippen LogP contribution in [0, 0.1) is 0 Å². The Morgan fingerprint density at radius 2 is 1.47 bits per heavy atom. The van der Waals surface area contributed by atoms with E-state index in [0.717, 1.165) is 0 Å². The fraction of sp³-hybridized carbons (Fsp3) is 0. The lowest BCUT2D eigenvalue weighted by molar-refractivity contribution is 0.0594. The van der Waals surface area contributed by atoms with Gasteiger partial charge in [-0.25, -0.2) is 15.1 Å². The molecule has 2 aromatic rings. The van der Waals surface area contributed by atoms with Crippen LogP contribution in [0.2, 0.25) is 0 Å². The number of carboxylic acid groups (broad SMARTS) is 1. The van der Waals surface area contributed by atoms with Crippen LogP contribution in [0.4, 0.5) is 5.69 Å². The van der Waals surface area contributed by atoms with Crippen LogP contribution in [0.5, 0.6) is 0 Å². The van der Waals surface area contributed by atoms with Gasteiger partial charge in [0.15, 0.2) is 0 Å². The van der Waals surface area contributed by atoms with E-state index in [1.165, 1.54) is 24.3 Å². The molecule has 0 saturated carbocycles. The first-order valence-electron chi connectivity index (χ1n) is 5.52. The van der Waals surface area contributed by atoms with E-state index >= 15 is 0 Å². The van der Waals surface area contributed by atoms with Crippen LogP contribution < -0.4 is 5.48 Å². The molecule has 0 heterocycles. The minimum absolute atomic E-state index is 0.118. The van der Waals surface area contributed by atoms with Crippen LogP contribution in [0.25, 0.3) is 0 Å². The summed E-state index contributed by atoms with van der Waals surface area (Å²) in [6.45, 7) is 0. The maximum absolute atomic E-state index is 11.7. The number of rotatable bonds is 4. The van der Waals surface area contributed by atoms with E-state index in [2.05, 4.69) is 5.48 Å². The number of nitrogens with one attached hydrogen (secondary N) is 1. The van der Waals surface area contributed by atoms with Gasteiger partial charge < -0.3 is 9.94 Å². The summed E-state index contributed by atoms with van der Waals surface area (Å²) >= 11 is 0. The molecule has 0 bridgehead atoms. The van der Waals surface area contributed by atoms with Gasteiger partial charge in [-0.15, -0.1) is 0 Å². The molecule has 0 spiro atoms. The van der Waals surface area contributed by atoms with Crippen molar-refractivity contribution in [3.8, 4) is 0 Å². The van der Waals surface area contributed by atoms with Gasteiger partial charge in [0.2, 0.25) is 0 Å². The Labute approximate surface area is 109 Å². The minimum atomic E-state index is -1.04. The molecule has 19 heavy (non-hydrogen) atoms. The fourth-order valence-corrected chi connectivity index (χ4v) is 1.42. The standard InChI is InChI=1S/C14H11NO4/c16-13(17)10-6-8-11(9-7-10)14(18)19-15-12-4-2-1-3-5-12/h1-9,15H,(H,16,17). The third-order valence-corrected chi connectivity index (χ3v) is 2.40. The van der Waals surface area contributed by atoms with Crippen molar-refractivity contribution in [3.63, 3.8) is 0 Å². The van der Waals surface area contributed by atoms with Crippen molar-refractivity contribution in [1.82, 2.24) is 0 Å². The van der Waals surface area contributed by atoms with Gasteiger partial charge in [0, 0.05) is 0 Å². The summed E-state index contributed by atoms with van der Waals surface area (Å²) in [6.07, 6.45) is 0. The highest BCUT2D eigenvalue weighted by atomic mass is 16.7. The fourth-order valence-electron chi connectivity index (χ4n) is 1.42.